The highest BCUT2D eigenvalue weighted by molar-refractivity contribution is 5.87. The van der Waals surface area contributed by atoms with Crippen molar-refractivity contribution >= 4 is 11.8 Å². The molecular formula is C16H21N3O3. The van der Waals surface area contributed by atoms with Crippen LogP contribution in [0.25, 0.3) is 0 Å². The van der Waals surface area contributed by atoms with Crippen molar-refractivity contribution in [2.45, 2.75) is 44.7 Å². The van der Waals surface area contributed by atoms with E-state index in [-0.39, 0.29) is 23.4 Å². The summed E-state index contributed by atoms with van der Waals surface area (Å²) >= 11 is 0. The molecule has 1 heterocycles. The summed E-state index contributed by atoms with van der Waals surface area (Å²) in [6, 6.07) is 2.47. The van der Waals surface area contributed by atoms with Crippen molar-refractivity contribution in [3.05, 3.63) is 46.4 Å². The number of aryl methyl sites for hydroxylation is 1. The minimum atomic E-state index is -0.622. The largest absolute Gasteiger partial charge is 0.347 e. The van der Waals surface area contributed by atoms with Gasteiger partial charge >= 0.3 is 0 Å². The Bertz CT molecular complexity index is 636. The van der Waals surface area contributed by atoms with Gasteiger partial charge in [-0.15, -0.1) is 6.58 Å². The van der Waals surface area contributed by atoms with Crippen LogP contribution in [0.1, 0.15) is 43.5 Å². The van der Waals surface area contributed by atoms with Crippen LogP contribution in [0.4, 0.5) is 0 Å². The number of pyridine rings is 1. The molecule has 0 bridgehead atoms. The highest BCUT2D eigenvalue weighted by Crippen LogP contribution is 2.27. The molecular weight excluding hydrogens is 282 g/mol. The Morgan fingerprint density at radius 1 is 1.50 bits per heavy atom. The summed E-state index contributed by atoms with van der Waals surface area (Å²) in [6.45, 7) is 4.99. The van der Waals surface area contributed by atoms with E-state index >= 15 is 0 Å². The predicted molar refractivity (Wildman–Crippen MR) is 83.3 cm³/mol. The predicted octanol–water partition coefficient (Wildman–Crippen LogP) is 0.949. The lowest BCUT2D eigenvalue weighted by molar-refractivity contribution is -0.128. The Kier molecular flexibility index (Phi) is 5.14. The SMILES string of the molecule is C=CC[C@@H](NC(C)=O)C(=O)N[C@H]1CCCc2[nH]c(=O)ccc21. The molecule has 0 saturated carbocycles. The number of fused-ring (bicyclic) bond motifs is 1. The van der Waals surface area contributed by atoms with Crippen LogP contribution in [-0.4, -0.2) is 22.8 Å². The minimum Gasteiger partial charge on any atom is -0.347 e. The van der Waals surface area contributed by atoms with Crippen LogP contribution in [0.3, 0.4) is 0 Å². The Balaban J connectivity index is 2.13. The highest BCUT2D eigenvalue weighted by Gasteiger charge is 2.25. The van der Waals surface area contributed by atoms with Crippen LogP contribution in [0, 0.1) is 0 Å². The fourth-order valence-corrected chi connectivity index (χ4v) is 2.77. The van der Waals surface area contributed by atoms with Crippen molar-refractivity contribution < 1.29 is 9.59 Å². The molecule has 3 N–H and O–H groups in total. The molecule has 0 saturated heterocycles. The minimum absolute atomic E-state index is 0.131. The van der Waals surface area contributed by atoms with Crippen molar-refractivity contribution in [2.24, 2.45) is 0 Å². The third-order valence-corrected chi connectivity index (χ3v) is 3.74. The molecule has 118 valence electrons. The molecule has 0 spiro atoms. The lowest BCUT2D eigenvalue weighted by atomic mass is 9.91. The Hall–Kier alpha value is -2.37. The Labute approximate surface area is 129 Å². The zero-order valence-electron chi connectivity index (χ0n) is 12.6. The van der Waals surface area contributed by atoms with Gasteiger partial charge in [0.2, 0.25) is 17.4 Å². The lowest BCUT2D eigenvalue weighted by Crippen LogP contribution is -2.47. The molecule has 2 rings (SSSR count). The second kappa shape index (κ2) is 7.06. The van der Waals surface area contributed by atoms with Gasteiger partial charge in [0.1, 0.15) is 6.04 Å². The number of hydrogen-bond donors (Lipinski definition) is 3. The lowest BCUT2D eigenvalue weighted by Gasteiger charge is -2.27. The van der Waals surface area contributed by atoms with Gasteiger partial charge in [0.05, 0.1) is 6.04 Å². The molecule has 0 radical (unpaired) electrons. The average molecular weight is 303 g/mol. The monoisotopic (exact) mass is 303 g/mol. The first-order valence-electron chi connectivity index (χ1n) is 7.41. The number of aromatic nitrogens is 1. The summed E-state index contributed by atoms with van der Waals surface area (Å²) in [5.74, 6) is -0.491. The van der Waals surface area contributed by atoms with Gasteiger partial charge in [0, 0.05) is 18.7 Å². The van der Waals surface area contributed by atoms with Crippen LogP contribution in [-0.2, 0) is 16.0 Å². The number of aromatic amines is 1. The van der Waals surface area contributed by atoms with Crippen molar-refractivity contribution in [3.8, 4) is 0 Å². The first-order chi connectivity index (χ1) is 10.5. The molecule has 0 fully saturated rings. The molecule has 6 nitrogen and oxygen atoms in total. The molecule has 1 aromatic rings. The number of amides is 2. The summed E-state index contributed by atoms with van der Waals surface area (Å²) in [5.41, 5.74) is 1.69. The second-order valence-corrected chi connectivity index (χ2v) is 5.49. The molecule has 1 aliphatic rings. The van der Waals surface area contributed by atoms with Crippen LogP contribution in [0.2, 0.25) is 0 Å². The number of H-pyrrole nitrogens is 1. The molecule has 0 unspecified atom stereocenters. The van der Waals surface area contributed by atoms with E-state index < -0.39 is 6.04 Å². The smallest absolute Gasteiger partial charge is 0.248 e. The van der Waals surface area contributed by atoms with Crippen molar-refractivity contribution in [1.82, 2.24) is 15.6 Å². The van der Waals surface area contributed by atoms with Gasteiger partial charge in [-0.05, 0) is 37.3 Å². The summed E-state index contributed by atoms with van der Waals surface area (Å²) in [7, 11) is 0. The van der Waals surface area contributed by atoms with E-state index in [2.05, 4.69) is 22.2 Å². The van der Waals surface area contributed by atoms with Gasteiger partial charge in [-0.3, -0.25) is 14.4 Å². The molecule has 2 amide bonds. The van der Waals surface area contributed by atoms with E-state index in [4.69, 9.17) is 0 Å². The standard InChI is InChI=1S/C16H21N3O3/c1-3-5-14(17-10(2)20)16(22)19-13-7-4-6-12-11(13)8-9-15(21)18-12/h3,8-9,13-14H,1,4-7H2,2H3,(H,17,20)(H,18,21)(H,19,22)/t13-,14+/m0/s1. The number of rotatable bonds is 5. The van der Waals surface area contributed by atoms with Crippen molar-refractivity contribution in [1.29, 1.82) is 0 Å². The molecule has 2 atom stereocenters. The van der Waals surface area contributed by atoms with Crippen LogP contribution in [0.15, 0.2) is 29.6 Å². The van der Waals surface area contributed by atoms with Gasteiger partial charge in [0.15, 0.2) is 0 Å². The number of nitrogens with one attached hydrogen (secondary N) is 3. The zero-order chi connectivity index (χ0) is 16.1. The van der Waals surface area contributed by atoms with Gasteiger partial charge in [-0.25, -0.2) is 0 Å². The van der Waals surface area contributed by atoms with E-state index in [0.29, 0.717) is 6.42 Å². The first-order valence-corrected chi connectivity index (χ1v) is 7.41. The summed E-state index contributed by atoms with van der Waals surface area (Å²) < 4.78 is 0. The maximum Gasteiger partial charge on any atom is 0.248 e. The van der Waals surface area contributed by atoms with E-state index in [1.807, 2.05) is 0 Å². The molecule has 0 aromatic carbocycles. The fourth-order valence-electron chi connectivity index (χ4n) is 2.77. The van der Waals surface area contributed by atoms with E-state index in [1.54, 1.807) is 12.1 Å². The van der Waals surface area contributed by atoms with Gasteiger partial charge in [0.25, 0.3) is 0 Å². The van der Waals surface area contributed by atoms with Crippen LogP contribution >= 0.6 is 0 Å². The quantitative estimate of drug-likeness (QED) is 0.707. The van der Waals surface area contributed by atoms with Gasteiger partial charge in [-0.2, -0.15) is 0 Å². The fraction of sp³-hybridized carbons (Fsp3) is 0.438. The number of carbonyl (C=O) groups is 2. The number of carbonyl (C=O) groups excluding carboxylic acids is 2. The summed E-state index contributed by atoms with van der Waals surface area (Å²) in [4.78, 5) is 37.8. The van der Waals surface area contributed by atoms with Crippen molar-refractivity contribution in [3.63, 3.8) is 0 Å². The normalized spacial score (nSPS) is 18.0. The second-order valence-electron chi connectivity index (χ2n) is 5.49. The van der Waals surface area contributed by atoms with Crippen LogP contribution in [0.5, 0.6) is 0 Å². The number of hydrogen-bond acceptors (Lipinski definition) is 3. The van der Waals surface area contributed by atoms with Crippen molar-refractivity contribution in [2.75, 3.05) is 0 Å². The maximum atomic E-state index is 12.4. The molecule has 1 aliphatic carbocycles. The van der Waals surface area contributed by atoms with Gasteiger partial charge in [-0.1, -0.05) is 6.08 Å². The van der Waals surface area contributed by atoms with Gasteiger partial charge < -0.3 is 15.6 Å². The Morgan fingerprint density at radius 3 is 2.95 bits per heavy atom. The third-order valence-electron chi connectivity index (χ3n) is 3.74. The average Bonchev–Trinajstić information content (AvgIpc) is 2.46. The Morgan fingerprint density at radius 2 is 2.27 bits per heavy atom. The molecule has 22 heavy (non-hydrogen) atoms. The van der Waals surface area contributed by atoms with E-state index in [0.717, 1.165) is 30.5 Å². The zero-order valence-corrected chi connectivity index (χ0v) is 12.6. The van der Waals surface area contributed by atoms with Crippen LogP contribution < -0.4 is 16.2 Å². The maximum absolute atomic E-state index is 12.4. The third kappa shape index (κ3) is 3.84. The summed E-state index contributed by atoms with van der Waals surface area (Å²) in [5, 5.41) is 5.58. The summed E-state index contributed by atoms with van der Waals surface area (Å²) in [6.07, 6.45) is 4.48. The molecule has 6 heteroatoms. The molecule has 0 aliphatic heterocycles. The highest BCUT2D eigenvalue weighted by atomic mass is 16.2. The van der Waals surface area contributed by atoms with E-state index in [9.17, 15) is 14.4 Å². The van der Waals surface area contributed by atoms with E-state index in [1.165, 1.54) is 13.0 Å². The topological polar surface area (TPSA) is 91.1 Å². The molecule has 1 aromatic heterocycles. The first kappa shape index (κ1) is 16.0.